The van der Waals surface area contributed by atoms with Crippen LogP contribution in [-0.2, 0) is 17.4 Å². The molecular weight excluding hydrogens is 628 g/mol. The van der Waals surface area contributed by atoms with E-state index in [-0.39, 0.29) is 31.9 Å². The van der Waals surface area contributed by atoms with E-state index in [2.05, 4.69) is 21.2 Å². The molecule has 1 saturated carbocycles. The van der Waals surface area contributed by atoms with Gasteiger partial charge < -0.3 is 5.32 Å². The molecule has 3 aromatic carbocycles. The van der Waals surface area contributed by atoms with Crippen molar-refractivity contribution in [1.82, 2.24) is 0 Å². The van der Waals surface area contributed by atoms with E-state index in [4.69, 9.17) is 34.8 Å². The molecule has 4 rings (SSSR count). The molecule has 2 unspecified atom stereocenters. The Morgan fingerprint density at radius 2 is 1.70 bits per heavy atom. The maximum absolute atomic E-state index is 14.0. The zero-order valence-electron chi connectivity index (χ0n) is 18.3. The topological polar surface area (TPSA) is 46.2 Å². The molecule has 37 heavy (non-hydrogen) atoms. The number of rotatable bonds is 6. The number of Topliss-reactive ketones (excluding diaryl/α,β-unsaturated/α-hetero) is 1. The SMILES string of the molecule is O=C(Cc1ccc(F)cc1F)c1cc(NC(=O)C2C(c3ccc(Br)c(C(F)(F)F)c3)C2(Cl)Cl)ccc1Cl. The van der Waals surface area contributed by atoms with Gasteiger partial charge in [-0.2, -0.15) is 13.2 Å². The van der Waals surface area contributed by atoms with Crippen LogP contribution in [-0.4, -0.2) is 16.0 Å². The zero-order valence-corrected chi connectivity index (χ0v) is 22.1. The molecule has 1 aliphatic carbocycles. The molecule has 3 nitrogen and oxygen atoms in total. The molecule has 2 atom stereocenters. The van der Waals surface area contributed by atoms with Crippen LogP contribution in [0.15, 0.2) is 59.1 Å². The van der Waals surface area contributed by atoms with E-state index in [1.807, 2.05) is 0 Å². The van der Waals surface area contributed by atoms with E-state index >= 15 is 0 Å². The summed E-state index contributed by atoms with van der Waals surface area (Å²) in [6, 6.07) is 10.3. The Balaban J connectivity index is 1.53. The van der Waals surface area contributed by atoms with Crippen LogP contribution in [0.4, 0.5) is 27.6 Å². The summed E-state index contributed by atoms with van der Waals surface area (Å²) in [4.78, 5) is 25.7. The Bertz CT molecular complexity index is 1410. The smallest absolute Gasteiger partial charge is 0.326 e. The van der Waals surface area contributed by atoms with Gasteiger partial charge in [-0.25, -0.2) is 8.78 Å². The first-order valence-corrected chi connectivity index (χ1v) is 12.4. The van der Waals surface area contributed by atoms with Gasteiger partial charge in [-0.1, -0.05) is 39.7 Å². The third kappa shape index (κ3) is 5.79. The Labute approximate surface area is 231 Å². The molecule has 0 bridgehead atoms. The van der Waals surface area contributed by atoms with Crippen molar-refractivity contribution in [2.75, 3.05) is 5.32 Å². The maximum atomic E-state index is 14.0. The fourth-order valence-electron chi connectivity index (χ4n) is 3.99. The van der Waals surface area contributed by atoms with E-state index in [1.54, 1.807) is 0 Å². The molecule has 194 valence electrons. The highest BCUT2D eigenvalue weighted by atomic mass is 79.9. The predicted molar refractivity (Wildman–Crippen MR) is 134 cm³/mol. The number of hydrogen-bond donors (Lipinski definition) is 1. The summed E-state index contributed by atoms with van der Waals surface area (Å²) in [7, 11) is 0. The Hall–Kier alpha value is -2.20. The first kappa shape index (κ1) is 27.8. The quantitative estimate of drug-likeness (QED) is 0.167. The second-order valence-electron chi connectivity index (χ2n) is 8.39. The Kier molecular flexibility index (Phi) is 7.65. The normalized spacial score (nSPS) is 18.4. The minimum absolute atomic E-state index is 0.0266. The van der Waals surface area contributed by atoms with Crippen molar-refractivity contribution in [3.8, 4) is 0 Å². The van der Waals surface area contributed by atoms with Crippen molar-refractivity contribution < 1.29 is 31.5 Å². The standard InChI is InChI=1S/C25H14BrCl3F5NO2/c26-17-5-2-12(7-16(17)25(32,33)34)21-22(24(21,28)29)23(37)35-14-4-6-18(27)15(10-14)20(36)8-11-1-3-13(30)9-19(11)31/h1-7,9-10,21-22H,8H2,(H,35,37). The van der Waals surface area contributed by atoms with Crippen LogP contribution in [0.3, 0.4) is 0 Å². The van der Waals surface area contributed by atoms with E-state index in [1.165, 1.54) is 30.3 Å². The average molecular weight is 642 g/mol. The van der Waals surface area contributed by atoms with Crippen molar-refractivity contribution in [2.45, 2.75) is 22.8 Å². The molecule has 0 aromatic heterocycles. The molecule has 12 heteroatoms. The number of carbonyl (C=O) groups is 2. The minimum atomic E-state index is -4.63. The van der Waals surface area contributed by atoms with Gasteiger partial charge in [-0.15, -0.1) is 23.2 Å². The van der Waals surface area contributed by atoms with Crippen LogP contribution in [0, 0.1) is 17.6 Å². The fourth-order valence-corrected chi connectivity index (χ4v) is 5.51. The first-order valence-electron chi connectivity index (χ1n) is 10.5. The molecule has 3 aromatic rings. The third-order valence-corrected chi connectivity index (χ3v) is 7.85. The highest BCUT2D eigenvalue weighted by Gasteiger charge is 2.67. The van der Waals surface area contributed by atoms with Crippen molar-refractivity contribution in [3.05, 3.63) is 98.0 Å². The summed E-state index contributed by atoms with van der Waals surface area (Å²) < 4.78 is 65.2. The summed E-state index contributed by atoms with van der Waals surface area (Å²) in [6.45, 7) is 0. The number of amides is 1. The van der Waals surface area contributed by atoms with Gasteiger partial charge in [0.15, 0.2) is 5.78 Å². The Morgan fingerprint density at radius 1 is 1.00 bits per heavy atom. The summed E-state index contributed by atoms with van der Waals surface area (Å²) >= 11 is 21.5. The van der Waals surface area contributed by atoms with Crippen LogP contribution in [0.5, 0.6) is 0 Å². The summed E-state index contributed by atoms with van der Waals surface area (Å²) in [5.74, 6) is -4.95. The van der Waals surface area contributed by atoms with Gasteiger partial charge in [0.1, 0.15) is 16.0 Å². The molecule has 0 aliphatic heterocycles. The van der Waals surface area contributed by atoms with Gasteiger partial charge in [0.05, 0.1) is 16.5 Å². The van der Waals surface area contributed by atoms with Gasteiger partial charge in [-0.05, 0) is 47.5 Å². The second kappa shape index (κ2) is 10.2. The second-order valence-corrected chi connectivity index (χ2v) is 11.1. The molecule has 1 N–H and O–H groups in total. The number of carbonyl (C=O) groups excluding carboxylic acids is 2. The summed E-state index contributed by atoms with van der Waals surface area (Å²) in [5, 5.41) is 2.58. The van der Waals surface area contributed by atoms with Gasteiger partial charge in [0, 0.05) is 34.1 Å². The lowest BCUT2D eigenvalue weighted by Gasteiger charge is -2.11. The number of ketones is 1. The highest BCUT2D eigenvalue weighted by Crippen LogP contribution is 2.65. The van der Waals surface area contributed by atoms with Gasteiger partial charge in [0.25, 0.3) is 0 Å². The zero-order chi connectivity index (χ0) is 27.3. The highest BCUT2D eigenvalue weighted by molar-refractivity contribution is 9.10. The molecular formula is C25H14BrCl3F5NO2. The number of benzene rings is 3. The fraction of sp³-hybridized carbons (Fsp3) is 0.200. The summed E-state index contributed by atoms with van der Waals surface area (Å²) in [5.41, 5.74) is -0.729. The molecule has 1 fully saturated rings. The average Bonchev–Trinajstić information content (AvgIpc) is 3.38. The molecule has 0 radical (unpaired) electrons. The number of halogens is 9. The van der Waals surface area contributed by atoms with Crippen LogP contribution in [0.2, 0.25) is 5.02 Å². The van der Waals surface area contributed by atoms with E-state index < -0.39 is 57.7 Å². The molecule has 0 spiro atoms. The molecule has 1 amide bonds. The lowest BCUT2D eigenvalue weighted by atomic mass is 10.0. The number of alkyl halides is 5. The van der Waals surface area contributed by atoms with Crippen LogP contribution < -0.4 is 5.32 Å². The third-order valence-electron chi connectivity index (χ3n) is 5.89. The summed E-state index contributed by atoms with van der Waals surface area (Å²) in [6.07, 6.45) is -5.04. The number of anilines is 1. The van der Waals surface area contributed by atoms with Crippen molar-refractivity contribution in [1.29, 1.82) is 0 Å². The van der Waals surface area contributed by atoms with Crippen molar-refractivity contribution in [3.63, 3.8) is 0 Å². The van der Waals surface area contributed by atoms with Crippen LogP contribution in [0.25, 0.3) is 0 Å². The Morgan fingerprint density at radius 3 is 2.35 bits per heavy atom. The van der Waals surface area contributed by atoms with Gasteiger partial charge in [-0.3, -0.25) is 9.59 Å². The monoisotopic (exact) mass is 639 g/mol. The van der Waals surface area contributed by atoms with E-state index in [9.17, 15) is 31.5 Å². The largest absolute Gasteiger partial charge is 0.417 e. The lowest BCUT2D eigenvalue weighted by molar-refractivity contribution is -0.138. The number of hydrogen-bond acceptors (Lipinski definition) is 2. The minimum Gasteiger partial charge on any atom is -0.326 e. The maximum Gasteiger partial charge on any atom is 0.417 e. The van der Waals surface area contributed by atoms with E-state index in [0.29, 0.717) is 6.07 Å². The predicted octanol–water partition coefficient (Wildman–Crippen LogP) is 8.35. The van der Waals surface area contributed by atoms with Gasteiger partial charge >= 0.3 is 6.18 Å². The molecule has 1 aliphatic rings. The van der Waals surface area contributed by atoms with Crippen molar-refractivity contribution in [2.24, 2.45) is 5.92 Å². The van der Waals surface area contributed by atoms with Crippen LogP contribution >= 0.6 is 50.7 Å². The van der Waals surface area contributed by atoms with E-state index in [0.717, 1.165) is 18.2 Å². The van der Waals surface area contributed by atoms with Crippen LogP contribution in [0.1, 0.15) is 33.0 Å². The first-order chi connectivity index (χ1) is 17.2. The lowest BCUT2D eigenvalue weighted by Crippen LogP contribution is -2.17. The van der Waals surface area contributed by atoms with Gasteiger partial charge in [0.2, 0.25) is 5.91 Å². The number of nitrogens with one attached hydrogen (secondary N) is 1. The van der Waals surface area contributed by atoms with Crippen molar-refractivity contribution >= 4 is 68.1 Å². The molecule has 0 heterocycles. The molecule has 0 saturated heterocycles.